The van der Waals surface area contributed by atoms with E-state index in [0.29, 0.717) is 6.42 Å². The molecule has 0 aliphatic carbocycles. The van der Waals surface area contributed by atoms with Crippen LogP contribution in [0.5, 0.6) is 0 Å². The van der Waals surface area contributed by atoms with E-state index in [1.807, 2.05) is 0 Å². The van der Waals surface area contributed by atoms with E-state index in [0.717, 1.165) is 0 Å². The van der Waals surface area contributed by atoms with Crippen molar-refractivity contribution < 1.29 is 31.1 Å². The van der Waals surface area contributed by atoms with Crippen molar-refractivity contribution in [2.45, 2.75) is 32.7 Å². The standard InChI is InChI=1S/C9H15F3NO4S/c1-4-8(2,3)7(14)17-6-5-13-18(15,16)9(10,11)12/h4-6H2,1-3H3/q-1. The minimum atomic E-state index is -5.50. The monoisotopic (exact) mass is 290 g/mol. The number of hydrogen-bond donors (Lipinski definition) is 0. The molecule has 0 aliphatic rings. The molecule has 0 unspecified atom stereocenters. The van der Waals surface area contributed by atoms with E-state index in [1.165, 1.54) is 0 Å². The van der Waals surface area contributed by atoms with Crippen LogP contribution in [0, 0.1) is 5.41 Å². The average molecular weight is 290 g/mol. The van der Waals surface area contributed by atoms with Crippen molar-refractivity contribution in [2.75, 3.05) is 13.2 Å². The fourth-order valence-corrected chi connectivity index (χ4v) is 1.17. The molecular weight excluding hydrogens is 275 g/mol. The summed E-state index contributed by atoms with van der Waals surface area (Å²) in [7, 11) is -5.50. The minimum Gasteiger partial charge on any atom is -0.538 e. The Labute approximate surface area is 104 Å². The Bertz CT molecular complexity index is 389. The Balaban J connectivity index is 4.15. The first-order valence-electron chi connectivity index (χ1n) is 5.11. The maximum Gasteiger partial charge on any atom is 0.480 e. The van der Waals surface area contributed by atoms with Gasteiger partial charge in [0.15, 0.2) is 10.0 Å². The van der Waals surface area contributed by atoms with Crippen LogP contribution in [-0.4, -0.2) is 33.0 Å². The Hall–Kier alpha value is -0.830. The van der Waals surface area contributed by atoms with Gasteiger partial charge in [-0.15, -0.1) is 6.54 Å². The van der Waals surface area contributed by atoms with Crippen LogP contribution in [0.15, 0.2) is 0 Å². The molecule has 0 saturated carbocycles. The molecule has 9 heteroatoms. The maximum atomic E-state index is 11.9. The number of esters is 1. The van der Waals surface area contributed by atoms with Gasteiger partial charge in [-0.25, -0.2) is 8.42 Å². The predicted molar refractivity (Wildman–Crippen MR) is 58.2 cm³/mol. The van der Waals surface area contributed by atoms with Gasteiger partial charge in [-0.05, 0) is 20.3 Å². The van der Waals surface area contributed by atoms with Crippen LogP contribution >= 0.6 is 0 Å². The molecule has 0 aliphatic heterocycles. The van der Waals surface area contributed by atoms with Crippen LogP contribution in [0.25, 0.3) is 4.72 Å². The second-order valence-electron chi connectivity index (χ2n) is 4.15. The summed E-state index contributed by atoms with van der Waals surface area (Å²) in [5, 5.41) is 0. The number of rotatable bonds is 6. The first kappa shape index (κ1) is 17.2. The molecular formula is C9H15F3NO4S-. The van der Waals surface area contributed by atoms with Crippen molar-refractivity contribution in [3.8, 4) is 0 Å². The highest BCUT2D eigenvalue weighted by Gasteiger charge is 2.38. The molecule has 108 valence electrons. The van der Waals surface area contributed by atoms with Crippen molar-refractivity contribution in [3.05, 3.63) is 4.72 Å². The topological polar surface area (TPSA) is 74.5 Å². The van der Waals surface area contributed by atoms with Gasteiger partial charge in [0.1, 0.15) is 0 Å². The lowest BCUT2D eigenvalue weighted by atomic mass is 9.91. The maximum absolute atomic E-state index is 11.9. The third kappa shape index (κ3) is 4.81. The molecule has 0 aromatic rings. The van der Waals surface area contributed by atoms with Crippen molar-refractivity contribution in [1.29, 1.82) is 0 Å². The molecule has 5 nitrogen and oxygen atoms in total. The molecule has 18 heavy (non-hydrogen) atoms. The number of sulfonamides is 1. The predicted octanol–water partition coefficient (Wildman–Crippen LogP) is 2.19. The molecule has 0 amide bonds. The smallest absolute Gasteiger partial charge is 0.480 e. The van der Waals surface area contributed by atoms with E-state index in [9.17, 15) is 26.4 Å². The Kier molecular flexibility index (Phi) is 5.60. The lowest BCUT2D eigenvalue weighted by Crippen LogP contribution is -2.27. The third-order valence-corrected chi connectivity index (χ3v) is 3.42. The average Bonchev–Trinajstić information content (AvgIpc) is 2.22. The lowest BCUT2D eigenvalue weighted by Gasteiger charge is -2.24. The van der Waals surface area contributed by atoms with E-state index < -0.39 is 40.1 Å². The van der Waals surface area contributed by atoms with Crippen molar-refractivity contribution in [2.24, 2.45) is 5.41 Å². The molecule has 0 saturated heterocycles. The molecule has 0 radical (unpaired) electrons. The summed E-state index contributed by atoms with van der Waals surface area (Å²) in [6.07, 6.45) is 0.490. The van der Waals surface area contributed by atoms with Gasteiger partial charge in [-0.1, -0.05) is 6.92 Å². The Morgan fingerprint density at radius 3 is 2.17 bits per heavy atom. The first-order valence-corrected chi connectivity index (χ1v) is 6.55. The summed E-state index contributed by atoms with van der Waals surface area (Å²) in [5.41, 5.74) is -6.18. The van der Waals surface area contributed by atoms with Crippen LogP contribution in [0.2, 0.25) is 0 Å². The summed E-state index contributed by atoms with van der Waals surface area (Å²) in [5.74, 6) is -0.607. The third-order valence-electron chi connectivity index (χ3n) is 2.31. The van der Waals surface area contributed by atoms with Crippen LogP contribution in [0.4, 0.5) is 13.2 Å². The van der Waals surface area contributed by atoms with E-state index in [-0.39, 0.29) is 0 Å². The number of carbonyl (C=O) groups excluding carboxylic acids is 1. The summed E-state index contributed by atoms with van der Waals surface area (Å²) in [6, 6.07) is 0. The molecule has 0 bridgehead atoms. The van der Waals surface area contributed by atoms with E-state index in [2.05, 4.69) is 9.46 Å². The summed E-state index contributed by atoms with van der Waals surface area (Å²) in [6.45, 7) is 3.72. The van der Waals surface area contributed by atoms with E-state index in [1.54, 1.807) is 20.8 Å². The van der Waals surface area contributed by atoms with Gasteiger partial charge in [0.05, 0.1) is 12.0 Å². The van der Waals surface area contributed by atoms with Crippen molar-refractivity contribution in [1.82, 2.24) is 0 Å². The molecule has 0 aromatic heterocycles. The second kappa shape index (κ2) is 5.87. The van der Waals surface area contributed by atoms with Crippen LogP contribution in [-0.2, 0) is 19.6 Å². The van der Waals surface area contributed by atoms with Gasteiger partial charge < -0.3 is 9.46 Å². The lowest BCUT2D eigenvalue weighted by molar-refractivity contribution is -0.153. The number of hydrogen-bond acceptors (Lipinski definition) is 4. The Morgan fingerprint density at radius 1 is 1.28 bits per heavy atom. The van der Waals surface area contributed by atoms with E-state index >= 15 is 0 Å². The number of carbonyl (C=O) groups is 1. The van der Waals surface area contributed by atoms with Crippen LogP contribution in [0.1, 0.15) is 27.2 Å². The fraction of sp³-hybridized carbons (Fsp3) is 0.889. The van der Waals surface area contributed by atoms with Gasteiger partial charge in [-0.2, -0.15) is 13.2 Å². The number of nitrogens with zero attached hydrogens (tertiary/aromatic N) is 1. The molecule has 0 fully saturated rings. The van der Waals surface area contributed by atoms with Gasteiger partial charge in [0.2, 0.25) is 0 Å². The normalized spacial score (nSPS) is 13.4. The van der Waals surface area contributed by atoms with E-state index in [4.69, 9.17) is 0 Å². The van der Waals surface area contributed by atoms with Gasteiger partial charge in [0, 0.05) is 0 Å². The van der Waals surface area contributed by atoms with Crippen LogP contribution in [0.3, 0.4) is 0 Å². The molecule has 0 atom stereocenters. The molecule has 0 rings (SSSR count). The summed E-state index contributed by atoms with van der Waals surface area (Å²) in [4.78, 5) is 11.4. The van der Waals surface area contributed by atoms with Gasteiger partial charge in [0.25, 0.3) is 0 Å². The number of ether oxygens (including phenoxy) is 1. The zero-order chi connectivity index (χ0) is 14.6. The molecule has 0 aromatic carbocycles. The van der Waals surface area contributed by atoms with Gasteiger partial charge in [-0.3, -0.25) is 4.79 Å². The molecule has 0 spiro atoms. The zero-order valence-electron chi connectivity index (χ0n) is 10.2. The van der Waals surface area contributed by atoms with Crippen molar-refractivity contribution >= 4 is 16.0 Å². The zero-order valence-corrected chi connectivity index (χ0v) is 11.1. The second-order valence-corrected chi connectivity index (χ2v) is 5.82. The SMILES string of the molecule is CCC(C)(C)C(=O)OCC[N-]S(=O)(=O)C(F)(F)F. The first-order chi connectivity index (χ1) is 7.94. The quantitative estimate of drug-likeness (QED) is 0.555. The molecule has 0 heterocycles. The summed E-state index contributed by atoms with van der Waals surface area (Å²) < 4.78 is 63.8. The number of alkyl halides is 3. The summed E-state index contributed by atoms with van der Waals surface area (Å²) >= 11 is 0. The van der Waals surface area contributed by atoms with Crippen molar-refractivity contribution in [3.63, 3.8) is 0 Å². The number of halogens is 3. The Morgan fingerprint density at radius 2 is 1.78 bits per heavy atom. The largest absolute Gasteiger partial charge is 0.538 e. The minimum absolute atomic E-state index is 0.490. The van der Waals surface area contributed by atoms with Gasteiger partial charge >= 0.3 is 11.5 Å². The fourth-order valence-electron chi connectivity index (χ4n) is 0.709. The molecule has 0 N–H and O–H groups in total. The highest BCUT2D eigenvalue weighted by atomic mass is 32.2. The highest BCUT2D eigenvalue weighted by Crippen LogP contribution is 2.27. The van der Waals surface area contributed by atoms with Crippen LogP contribution < -0.4 is 0 Å². The highest BCUT2D eigenvalue weighted by molar-refractivity contribution is 7.94.